The van der Waals surface area contributed by atoms with Crippen LogP contribution in [0.4, 0.5) is 13.2 Å². The molecule has 1 amide bonds. The van der Waals surface area contributed by atoms with Gasteiger partial charge in [-0.3, -0.25) is 4.79 Å². The molecule has 0 bridgehead atoms. The highest BCUT2D eigenvalue weighted by Crippen LogP contribution is 2.29. The van der Waals surface area contributed by atoms with E-state index in [0.717, 1.165) is 17.7 Å². The number of nitrogens with zero attached hydrogens (tertiary/aromatic N) is 2. The third-order valence-corrected chi connectivity index (χ3v) is 3.90. The van der Waals surface area contributed by atoms with Crippen LogP contribution in [0.15, 0.2) is 60.9 Å². The van der Waals surface area contributed by atoms with E-state index in [1.807, 2.05) is 6.07 Å². The van der Waals surface area contributed by atoms with Crippen LogP contribution in [0.3, 0.4) is 0 Å². The van der Waals surface area contributed by atoms with E-state index in [9.17, 15) is 18.0 Å². The molecule has 0 aliphatic heterocycles. The van der Waals surface area contributed by atoms with Gasteiger partial charge in [-0.25, -0.2) is 4.98 Å². The molecule has 7 heteroatoms. The standard InChI is InChI=1S/C19H16F3N3O/c1-25(12-13-4-2-7-16(10-13)19(20,21)22)18(26)15-6-3-5-14(11-15)17-23-8-9-24-17/h2-11H,12H2,1H3,(H,23,24). The lowest BCUT2D eigenvalue weighted by Crippen LogP contribution is -2.26. The first kappa shape index (κ1) is 17.7. The number of imidazole rings is 1. The fourth-order valence-electron chi connectivity index (χ4n) is 2.63. The van der Waals surface area contributed by atoms with Crippen LogP contribution >= 0.6 is 0 Å². The van der Waals surface area contributed by atoms with Crippen molar-refractivity contribution < 1.29 is 18.0 Å². The molecule has 1 N–H and O–H groups in total. The number of aromatic nitrogens is 2. The zero-order valence-electron chi connectivity index (χ0n) is 13.9. The van der Waals surface area contributed by atoms with E-state index in [4.69, 9.17) is 0 Å². The van der Waals surface area contributed by atoms with Crippen LogP contribution in [0.5, 0.6) is 0 Å². The molecule has 0 aliphatic carbocycles. The lowest BCUT2D eigenvalue weighted by molar-refractivity contribution is -0.137. The second-order valence-electron chi connectivity index (χ2n) is 5.88. The van der Waals surface area contributed by atoms with Crippen molar-refractivity contribution >= 4 is 5.91 Å². The largest absolute Gasteiger partial charge is 0.416 e. The minimum absolute atomic E-state index is 0.0771. The number of hydrogen-bond acceptors (Lipinski definition) is 2. The van der Waals surface area contributed by atoms with Crippen LogP contribution in [0, 0.1) is 0 Å². The molecule has 0 unspecified atom stereocenters. The lowest BCUT2D eigenvalue weighted by atomic mass is 10.1. The molecule has 0 saturated carbocycles. The topological polar surface area (TPSA) is 49.0 Å². The molecule has 1 aromatic heterocycles. The van der Waals surface area contributed by atoms with Gasteiger partial charge in [-0.05, 0) is 29.8 Å². The van der Waals surface area contributed by atoms with E-state index in [-0.39, 0.29) is 12.5 Å². The zero-order chi connectivity index (χ0) is 18.7. The number of alkyl halides is 3. The Morgan fingerprint density at radius 3 is 2.62 bits per heavy atom. The molecule has 0 fully saturated rings. The molecule has 0 spiro atoms. The van der Waals surface area contributed by atoms with Gasteiger partial charge in [0.2, 0.25) is 0 Å². The first-order chi connectivity index (χ1) is 12.3. The van der Waals surface area contributed by atoms with Gasteiger partial charge in [0.05, 0.1) is 5.56 Å². The van der Waals surface area contributed by atoms with Gasteiger partial charge in [-0.2, -0.15) is 13.2 Å². The maximum absolute atomic E-state index is 12.8. The quantitative estimate of drug-likeness (QED) is 0.752. The number of carbonyl (C=O) groups is 1. The highest BCUT2D eigenvalue weighted by molar-refractivity contribution is 5.95. The number of H-pyrrole nitrogens is 1. The second kappa shape index (κ2) is 7.03. The fraction of sp³-hybridized carbons (Fsp3) is 0.158. The van der Waals surface area contributed by atoms with Gasteiger partial charge in [0.25, 0.3) is 5.91 Å². The summed E-state index contributed by atoms with van der Waals surface area (Å²) >= 11 is 0. The third kappa shape index (κ3) is 3.93. The minimum atomic E-state index is -4.41. The van der Waals surface area contributed by atoms with Crippen molar-refractivity contribution in [2.45, 2.75) is 12.7 Å². The number of hydrogen-bond donors (Lipinski definition) is 1. The minimum Gasteiger partial charge on any atom is -0.345 e. The Hall–Kier alpha value is -3.09. The molecule has 0 atom stereocenters. The average molecular weight is 359 g/mol. The Morgan fingerprint density at radius 1 is 1.15 bits per heavy atom. The number of carbonyl (C=O) groups excluding carboxylic acids is 1. The van der Waals surface area contributed by atoms with E-state index < -0.39 is 11.7 Å². The van der Waals surface area contributed by atoms with Gasteiger partial charge in [0.15, 0.2) is 0 Å². The Balaban J connectivity index is 1.77. The molecule has 134 valence electrons. The van der Waals surface area contributed by atoms with Crippen LogP contribution in [0.1, 0.15) is 21.5 Å². The fourth-order valence-corrected chi connectivity index (χ4v) is 2.63. The highest BCUT2D eigenvalue weighted by atomic mass is 19.4. The van der Waals surface area contributed by atoms with Crippen LogP contribution in [0.25, 0.3) is 11.4 Å². The van der Waals surface area contributed by atoms with Crippen molar-refractivity contribution in [3.05, 3.63) is 77.6 Å². The van der Waals surface area contributed by atoms with Gasteiger partial charge in [-0.1, -0.05) is 24.3 Å². The van der Waals surface area contributed by atoms with Gasteiger partial charge in [0, 0.05) is 37.1 Å². The SMILES string of the molecule is CN(Cc1cccc(C(F)(F)F)c1)C(=O)c1cccc(-c2ncc[nH]2)c1. The van der Waals surface area contributed by atoms with Crippen molar-refractivity contribution in [1.82, 2.24) is 14.9 Å². The maximum atomic E-state index is 12.8. The van der Waals surface area contributed by atoms with E-state index in [1.54, 1.807) is 43.7 Å². The molecule has 2 aromatic carbocycles. The first-order valence-electron chi connectivity index (χ1n) is 7.86. The van der Waals surface area contributed by atoms with Crippen LogP contribution in [-0.4, -0.2) is 27.8 Å². The average Bonchev–Trinajstić information content (AvgIpc) is 3.15. The molecule has 4 nitrogen and oxygen atoms in total. The molecular weight excluding hydrogens is 343 g/mol. The molecule has 0 aliphatic rings. The molecule has 0 saturated heterocycles. The third-order valence-electron chi connectivity index (χ3n) is 3.90. The lowest BCUT2D eigenvalue weighted by Gasteiger charge is -2.18. The van der Waals surface area contributed by atoms with Gasteiger partial charge in [-0.15, -0.1) is 0 Å². The zero-order valence-corrected chi connectivity index (χ0v) is 13.9. The Kier molecular flexibility index (Phi) is 4.79. The summed E-state index contributed by atoms with van der Waals surface area (Å²) in [5.74, 6) is 0.357. The smallest absolute Gasteiger partial charge is 0.345 e. The first-order valence-corrected chi connectivity index (χ1v) is 7.86. The number of amides is 1. The Bertz CT molecular complexity index is 904. The number of nitrogens with one attached hydrogen (secondary N) is 1. The summed E-state index contributed by atoms with van der Waals surface area (Å²) in [5, 5.41) is 0. The molecule has 0 radical (unpaired) electrons. The van der Waals surface area contributed by atoms with E-state index in [0.29, 0.717) is 17.0 Å². The summed E-state index contributed by atoms with van der Waals surface area (Å²) < 4.78 is 38.5. The predicted molar refractivity (Wildman–Crippen MR) is 91.3 cm³/mol. The molecule has 1 heterocycles. The second-order valence-corrected chi connectivity index (χ2v) is 5.88. The van der Waals surface area contributed by atoms with Gasteiger partial charge in [0.1, 0.15) is 5.82 Å². The summed E-state index contributed by atoms with van der Waals surface area (Å²) in [6.07, 6.45) is -1.11. The summed E-state index contributed by atoms with van der Waals surface area (Å²) in [6.45, 7) is 0.0771. The van der Waals surface area contributed by atoms with Gasteiger partial charge >= 0.3 is 6.18 Å². The number of benzene rings is 2. The van der Waals surface area contributed by atoms with E-state index >= 15 is 0 Å². The van der Waals surface area contributed by atoms with Crippen molar-refractivity contribution in [3.8, 4) is 11.4 Å². The van der Waals surface area contributed by atoms with Crippen molar-refractivity contribution in [2.24, 2.45) is 0 Å². The van der Waals surface area contributed by atoms with Crippen molar-refractivity contribution in [2.75, 3.05) is 7.05 Å². The summed E-state index contributed by atoms with van der Waals surface area (Å²) in [4.78, 5) is 21.1. The summed E-state index contributed by atoms with van der Waals surface area (Å²) in [6, 6.07) is 11.9. The van der Waals surface area contributed by atoms with Crippen molar-refractivity contribution in [1.29, 1.82) is 0 Å². The molecule has 3 aromatic rings. The highest BCUT2D eigenvalue weighted by Gasteiger charge is 2.30. The predicted octanol–water partition coefficient (Wildman–Crippen LogP) is 4.37. The van der Waals surface area contributed by atoms with Crippen molar-refractivity contribution in [3.63, 3.8) is 0 Å². The normalized spacial score (nSPS) is 11.4. The van der Waals surface area contributed by atoms with Crippen LogP contribution < -0.4 is 0 Å². The van der Waals surface area contributed by atoms with E-state index in [2.05, 4.69) is 9.97 Å². The Labute approximate surface area is 148 Å². The van der Waals surface area contributed by atoms with Crippen LogP contribution in [0.2, 0.25) is 0 Å². The summed E-state index contributed by atoms with van der Waals surface area (Å²) in [7, 11) is 1.56. The number of halogens is 3. The Morgan fingerprint density at radius 2 is 1.92 bits per heavy atom. The van der Waals surface area contributed by atoms with E-state index in [1.165, 1.54) is 11.0 Å². The van der Waals surface area contributed by atoms with Gasteiger partial charge < -0.3 is 9.88 Å². The molecule has 26 heavy (non-hydrogen) atoms. The number of rotatable bonds is 4. The number of aromatic amines is 1. The molecule has 3 rings (SSSR count). The molecular formula is C19H16F3N3O. The maximum Gasteiger partial charge on any atom is 0.416 e. The van der Waals surface area contributed by atoms with Crippen LogP contribution in [-0.2, 0) is 12.7 Å². The monoisotopic (exact) mass is 359 g/mol. The summed E-state index contributed by atoms with van der Waals surface area (Å²) in [5.41, 5.74) is 0.884.